The third-order valence-electron chi connectivity index (χ3n) is 2.88. The van der Waals surface area contributed by atoms with Crippen molar-refractivity contribution in [3.8, 4) is 0 Å². The predicted molar refractivity (Wildman–Crippen MR) is 70.6 cm³/mol. The van der Waals surface area contributed by atoms with E-state index in [1.54, 1.807) is 7.11 Å². The van der Waals surface area contributed by atoms with E-state index in [0.29, 0.717) is 19.7 Å². The number of morpholine rings is 1. The molecule has 1 aliphatic rings. The van der Waals surface area contributed by atoms with Gasteiger partial charge in [-0.1, -0.05) is 0 Å². The number of methoxy groups -OCH3 is 1. The van der Waals surface area contributed by atoms with E-state index in [9.17, 15) is 4.79 Å². The number of hydrogen-bond donors (Lipinski definition) is 1. The highest BCUT2D eigenvalue weighted by Crippen LogP contribution is 2.09. The molecular weight excluding hydrogens is 232 g/mol. The molecule has 0 aromatic carbocycles. The van der Waals surface area contributed by atoms with Gasteiger partial charge in [0.05, 0.1) is 12.7 Å². The molecule has 0 unspecified atom stereocenters. The van der Waals surface area contributed by atoms with Crippen molar-refractivity contribution in [3.63, 3.8) is 0 Å². The van der Waals surface area contributed by atoms with E-state index in [0.717, 1.165) is 13.0 Å². The van der Waals surface area contributed by atoms with Gasteiger partial charge in [-0.2, -0.15) is 0 Å². The Balaban J connectivity index is 2.28. The molecule has 1 aliphatic heterocycles. The molecule has 1 rings (SSSR count). The predicted octanol–water partition coefficient (Wildman–Crippen LogP) is 0.638. The molecule has 0 aromatic heterocycles. The molecule has 0 aromatic rings. The highest BCUT2D eigenvalue weighted by molar-refractivity contribution is 5.77. The summed E-state index contributed by atoms with van der Waals surface area (Å²) in [5.41, 5.74) is 0.125. The summed E-state index contributed by atoms with van der Waals surface area (Å²) in [7, 11) is 1.54. The maximum atomic E-state index is 11.7. The Morgan fingerprint density at radius 3 is 2.83 bits per heavy atom. The zero-order chi connectivity index (χ0) is 13.6. The van der Waals surface area contributed by atoms with Gasteiger partial charge >= 0.3 is 0 Å². The third-order valence-corrected chi connectivity index (χ3v) is 2.88. The van der Waals surface area contributed by atoms with Gasteiger partial charge < -0.3 is 19.7 Å². The summed E-state index contributed by atoms with van der Waals surface area (Å²) in [6.45, 7) is 9.46. The molecule has 0 spiro atoms. The molecule has 1 N–H and O–H groups in total. The second-order valence-electron chi connectivity index (χ2n) is 5.73. The Hall–Kier alpha value is -0.650. The highest BCUT2D eigenvalue weighted by atomic mass is 16.5. The molecule has 5 heteroatoms. The Morgan fingerprint density at radius 1 is 1.50 bits per heavy atom. The Bertz CT molecular complexity index is 263. The number of rotatable bonds is 5. The third kappa shape index (κ3) is 5.80. The van der Waals surface area contributed by atoms with Crippen LogP contribution in [0.4, 0.5) is 0 Å². The van der Waals surface area contributed by atoms with Crippen molar-refractivity contribution in [2.24, 2.45) is 0 Å². The zero-order valence-corrected chi connectivity index (χ0v) is 12.0. The molecule has 0 radical (unpaired) electrons. The van der Waals surface area contributed by atoms with Crippen LogP contribution in [0.2, 0.25) is 0 Å². The molecule has 1 heterocycles. The highest BCUT2D eigenvalue weighted by Gasteiger charge is 2.24. The van der Waals surface area contributed by atoms with Gasteiger partial charge in [-0.3, -0.25) is 4.79 Å². The van der Waals surface area contributed by atoms with Gasteiger partial charge in [-0.15, -0.1) is 0 Å². The van der Waals surface area contributed by atoms with Crippen molar-refractivity contribution in [2.45, 2.75) is 38.8 Å². The second-order valence-corrected chi connectivity index (χ2v) is 5.73. The maximum Gasteiger partial charge on any atom is 0.248 e. The van der Waals surface area contributed by atoms with Gasteiger partial charge in [0.2, 0.25) is 5.91 Å². The first kappa shape index (κ1) is 15.4. The number of amides is 1. The minimum absolute atomic E-state index is 0.0505. The standard InChI is InChI=1S/C13H26N2O3/c1-13(2,3)14-6-5-11-9-15(7-8-18-11)12(16)10-17-4/h11,14H,5-10H2,1-4H3/t11-/m0/s1. The van der Waals surface area contributed by atoms with Gasteiger partial charge in [0.1, 0.15) is 6.61 Å². The Morgan fingerprint density at radius 2 is 2.22 bits per heavy atom. The SMILES string of the molecule is COCC(=O)N1CCO[C@@H](CCNC(C)(C)C)C1. The number of ether oxygens (including phenoxy) is 2. The zero-order valence-electron chi connectivity index (χ0n) is 12.0. The van der Waals surface area contributed by atoms with Crippen LogP contribution in [0.15, 0.2) is 0 Å². The van der Waals surface area contributed by atoms with Crippen LogP contribution in [0.1, 0.15) is 27.2 Å². The van der Waals surface area contributed by atoms with Crippen molar-refractivity contribution in [1.29, 1.82) is 0 Å². The van der Waals surface area contributed by atoms with Crippen molar-refractivity contribution in [1.82, 2.24) is 10.2 Å². The van der Waals surface area contributed by atoms with Gasteiger partial charge in [-0.05, 0) is 33.7 Å². The molecular formula is C13H26N2O3. The minimum Gasteiger partial charge on any atom is -0.375 e. The van der Waals surface area contributed by atoms with E-state index in [-0.39, 0.29) is 24.2 Å². The summed E-state index contributed by atoms with van der Waals surface area (Å²) in [5, 5.41) is 3.43. The van der Waals surface area contributed by atoms with Crippen molar-refractivity contribution >= 4 is 5.91 Å². The fraction of sp³-hybridized carbons (Fsp3) is 0.923. The van der Waals surface area contributed by atoms with Crippen LogP contribution < -0.4 is 5.32 Å². The molecule has 106 valence electrons. The lowest BCUT2D eigenvalue weighted by Crippen LogP contribution is -2.48. The lowest BCUT2D eigenvalue weighted by atomic mass is 10.1. The first-order chi connectivity index (χ1) is 8.42. The van der Waals surface area contributed by atoms with Crippen LogP contribution in [0.25, 0.3) is 0 Å². The number of carbonyl (C=O) groups is 1. The topological polar surface area (TPSA) is 50.8 Å². The van der Waals surface area contributed by atoms with Crippen LogP contribution in [-0.4, -0.2) is 62.4 Å². The lowest BCUT2D eigenvalue weighted by molar-refractivity contribution is -0.142. The van der Waals surface area contributed by atoms with Crippen molar-refractivity contribution < 1.29 is 14.3 Å². The lowest BCUT2D eigenvalue weighted by Gasteiger charge is -2.33. The molecule has 5 nitrogen and oxygen atoms in total. The van der Waals surface area contributed by atoms with E-state index >= 15 is 0 Å². The fourth-order valence-electron chi connectivity index (χ4n) is 1.94. The number of hydrogen-bond acceptors (Lipinski definition) is 4. The quantitative estimate of drug-likeness (QED) is 0.786. The smallest absolute Gasteiger partial charge is 0.248 e. The molecule has 1 atom stereocenters. The largest absolute Gasteiger partial charge is 0.375 e. The summed E-state index contributed by atoms with van der Waals surface area (Å²) < 4.78 is 10.6. The van der Waals surface area contributed by atoms with Crippen molar-refractivity contribution in [2.75, 3.05) is 40.0 Å². The molecule has 0 aliphatic carbocycles. The monoisotopic (exact) mass is 258 g/mol. The van der Waals surface area contributed by atoms with Crippen LogP contribution in [-0.2, 0) is 14.3 Å². The summed E-state index contributed by atoms with van der Waals surface area (Å²) >= 11 is 0. The number of nitrogens with zero attached hydrogens (tertiary/aromatic N) is 1. The van der Waals surface area contributed by atoms with Crippen LogP contribution in [0.5, 0.6) is 0 Å². The Kier molecular flexibility index (Phi) is 6.05. The van der Waals surface area contributed by atoms with E-state index < -0.39 is 0 Å². The molecule has 18 heavy (non-hydrogen) atoms. The van der Waals surface area contributed by atoms with Crippen LogP contribution >= 0.6 is 0 Å². The minimum atomic E-state index is 0.0505. The summed E-state index contributed by atoms with van der Waals surface area (Å²) in [6.07, 6.45) is 1.06. The van der Waals surface area contributed by atoms with Gasteiger partial charge in [0, 0.05) is 25.7 Å². The summed E-state index contributed by atoms with van der Waals surface area (Å²) in [5.74, 6) is 0.0505. The van der Waals surface area contributed by atoms with E-state index in [1.807, 2.05) is 4.90 Å². The molecule has 1 amide bonds. The molecule has 1 fully saturated rings. The summed E-state index contributed by atoms with van der Waals surface area (Å²) in [4.78, 5) is 13.5. The van der Waals surface area contributed by atoms with Gasteiger partial charge in [0.25, 0.3) is 0 Å². The summed E-state index contributed by atoms with van der Waals surface area (Å²) in [6, 6.07) is 0. The molecule has 1 saturated heterocycles. The van der Waals surface area contributed by atoms with Gasteiger partial charge in [0.15, 0.2) is 0 Å². The molecule has 0 bridgehead atoms. The average molecular weight is 258 g/mol. The average Bonchev–Trinajstić information content (AvgIpc) is 2.28. The first-order valence-corrected chi connectivity index (χ1v) is 6.56. The van der Waals surface area contributed by atoms with Crippen LogP contribution in [0.3, 0.4) is 0 Å². The maximum absolute atomic E-state index is 11.7. The van der Waals surface area contributed by atoms with Crippen LogP contribution in [0, 0.1) is 0 Å². The number of carbonyl (C=O) groups excluding carboxylic acids is 1. The van der Waals surface area contributed by atoms with Crippen molar-refractivity contribution in [3.05, 3.63) is 0 Å². The Labute approximate surface area is 110 Å². The van der Waals surface area contributed by atoms with E-state index in [1.165, 1.54) is 0 Å². The second kappa shape index (κ2) is 7.07. The fourth-order valence-corrected chi connectivity index (χ4v) is 1.94. The van der Waals surface area contributed by atoms with Gasteiger partial charge in [-0.25, -0.2) is 0 Å². The van der Waals surface area contributed by atoms with E-state index in [4.69, 9.17) is 9.47 Å². The number of nitrogens with one attached hydrogen (secondary N) is 1. The normalized spacial score (nSPS) is 21.1. The van der Waals surface area contributed by atoms with E-state index in [2.05, 4.69) is 26.1 Å². The first-order valence-electron chi connectivity index (χ1n) is 6.56. The molecule has 0 saturated carbocycles.